The van der Waals surface area contributed by atoms with E-state index >= 15 is 0 Å². The van der Waals surface area contributed by atoms with Crippen LogP contribution < -0.4 is 10.2 Å². The van der Waals surface area contributed by atoms with E-state index in [1.54, 1.807) is 6.08 Å². The van der Waals surface area contributed by atoms with Crippen molar-refractivity contribution in [2.24, 2.45) is 0 Å². The van der Waals surface area contributed by atoms with Crippen LogP contribution in [0.3, 0.4) is 0 Å². The van der Waals surface area contributed by atoms with E-state index in [1.165, 1.54) is 238 Å². The number of nitrogens with one attached hydrogen (secondary N) is 1. The van der Waals surface area contributed by atoms with Crippen molar-refractivity contribution >= 4 is 13.7 Å². The second-order valence-corrected chi connectivity index (χ2v) is 24.2. The number of aliphatic hydroxyl groups excluding tert-OH is 1. The van der Waals surface area contributed by atoms with Crippen molar-refractivity contribution < 1.29 is 32.9 Å². The van der Waals surface area contributed by atoms with Gasteiger partial charge >= 0.3 is 0 Å². The van der Waals surface area contributed by atoms with Crippen LogP contribution in [0.15, 0.2) is 48.6 Å². The van der Waals surface area contributed by atoms with Crippen LogP contribution in [-0.4, -0.2) is 68.5 Å². The van der Waals surface area contributed by atoms with Crippen LogP contribution >= 0.6 is 7.82 Å². The van der Waals surface area contributed by atoms with E-state index in [0.29, 0.717) is 17.4 Å². The molecule has 0 aromatic rings. The number of allylic oxidation sites excluding steroid dienone is 7. The minimum absolute atomic E-state index is 0.00617. The van der Waals surface area contributed by atoms with Gasteiger partial charge in [0, 0.05) is 6.42 Å². The minimum Gasteiger partial charge on any atom is -0.756 e. The number of carbonyl (C=O) groups excluding carboxylic acids is 1. The molecule has 3 unspecified atom stereocenters. The summed E-state index contributed by atoms with van der Waals surface area (Å²) < 4.78 is 23.4. The summed E-state index contributed by atoms with van der Waals surface area (Å²) in [5, 5.41) is 13.9. The second-order valence-electron chi connectivity index (χ2n) is 22.8. The molecule has 0 spiro atoms. The van der Waals surface area contributed by atoms with Crippen LogP contribution in [0.5, 0.6) is 0 Å². The Morgan fingerprint density at radius 1 is 0.479 bits per heavy atom. The Balaban J connectivity index is 4.13. The highest BCUT2D eigenvalue weighted by Crippen LogP contribution is 2.38. The molecule has 1 amide bonds. The predicted molar refractivity (Wildman–Crippen MR) is 316 cm³/mol. The van der Waals surface area contributed by atoms with Gasteiger partial charge in [-0.2, -0.15) is 0 Å². The third kappa shape index (κ3) is 58.0. The van der Waals surface area contributed by atoms with Crippen LogP contribution in [0.2, 0.25) is 0 Å². The van der Waals surface area contributed by atoms with Gasteiger partial charge in [0.2, 0.25) is 5.91 Å². The molecule has 0 saturated carbocycles. The lowest BCUT2D eigenvalue weighted by Gasteiger charge is -2.29. The lowest BCUT2D eigenvalue weighted by atomic mass is 10.0. The van der Waals surface area contributed by atoms with Crippen LogP contribution in [-0.2, 0) is 18.4 Å². The van der Waals surface area contributed by atoms with Gasteiger partial charge in [-0.1, -0.05) is 281 Å². The van der Waals surface area contributed by atoms with Gasteiger partial charge in [-0.05, 0) is 64.2 Å². The number of unbranched alkanes of at least 4 members (excludes halogenated alkanes) is 39. The number of phosphoric acid groups is 1. The Labute approximate surface area is 454 Å². The Bertz CT molecular complexity index is 1330. The molecule has 0 fully saturated rings. The van der Waals surface area contributed by atoms with Gasteiger partial charge in [0.15, 0.2) is 0 Å². The van der Waals surface area contributed by atoms with Crippen LogP contribution in [0, 0.1) is 0 Å². The van der Waals surface area contributed by atoms with Gasteiger partial charge in [-0.25, -0.2) is 0 Å². The van der Waals surface area contributed by atoms with Crippen LogP contribution in [0.25, 0.3) is 0 Å². The summed E-state index contributed by atoms with van der Waals surface area (Å²) in [6, 6.07) is -0.904. The molecular formula is C64H123N2O6P. The molecular weight excluding hydrogens is 924 g/mol. The SMILES string of the molecule is CCCCCCCCCCC/C=C\C/C=C\CCCCCCCCCCCCCCCCCC(=O)NC(COP(=O)([O-])OCC[N+](C)(C)C)C(O)/C=C/CC/C=C/CCCCCCCCCCCCCCCC. The molecule has 0 rings (SSSR count). The minimum atomic E-state index is -4.61. The van der Waals surface area contributed by atoms with Crippen molar-refractivity contribution in [1.29, 1.82) is 0 Å². The van der Waals surface area contributed by atoms with Gasteiger partial charge in [-0.15, -0.1) is 0 Å². The summed E-state index contributed by atoms with van der Waals surface area (Å²) >= 11 is 0. The van der Waals surface area contributed by atoms with E-state index in [1.807, 2.05) is 27.2 Å². The number of phosphoric ester groups is 1. The van der Waals surface area contributed by atoms with Gasteiger partial charge < -0.3 is 28.8 Å². The zero-order valence-electron chi connectivity index (χ0n) is 49.1. The average molecular weight is 1050 g/mol. The zero-order valence-corrected chi connectivity index (χ0v) is 50.0. The van der Waals surface area contributed by atoms with E-state index in [4.69, 9.17) is 9.05 Å². The van der Waals surface area contributed by atoms with Crippen molar-refractivity contribution in [1.82, 2.24) is 5.32 Å². The highest BCUT2D eigenvalue weighted by Gasteiger charge is 2.23. The van der Waals surface area contributed by atoms with Gasteiger partial charge in [-0.3, -0.25) is 9.36 Å². The first-order valence-electron chi connectivity index (χ1n) is 31.5. The first kappa shape index (κ1) is 71.5. The van der Waals surface area contributed by atoms with E-state index in [2.05, 4.69) is 55.6 Å². The quantitative estimate of drug-likeness (QED) is 0.0272. The fraction of sp³-hybridized carbons (Fsp3) is 0.859. The first-order chi connectivity index (χ1) is 35.5. The summed E-state index contributed by atoms with van der Waals surface area (Å²) in [6.45, 7) is 4.66. The highest BCUT2D eigenvalue weighted by atomic mass is 31.2. The van der Waals surface area contributed by atoms with E-state index in [-0.39, 0.29) is 12.5 Å². The van der Waals surface area contributed by atoms with Crippen molar-refractivity contribution in [3.05, 3.63) is 48.6 Å². The molecule has 0 aliphatic rings. The smallest absolute Gasteiger partial charge is 0.268 e. The summed E-state index contributed by atoms with van der Waals surface area (Å²) in [5.74, 6) is -0.204. The number of nitrogens with zero attached hydrogens (tertiary/aromatic N) is 1. The topological polar surface area (TPSA) is 108 Å². The largest absolute Gasteiger partial charge is 0.756 e. The lowest BCUT2D eigenvalue weighted by molar-refractivity contribution is -0.870. The standard InChI is InChI=1S/C64H123N2O6P/c1-6-8-10-12-14-16-18-20-22-24-26-28-29-30-31-32-33-34-35-36-37-38-40-42-44-46-48-50-52-54-56-58-64(68)65-62(61-72-73(69,70)71-60-59-66(3,4)5)63(67)57-55-53-51-49-47-45-43-41-39-27-25-23-21-19-17-15-13-11-9-7-2/h26,28,30-31,47,49,55,57,62-63,67H,6-25,27,29,32-46,48,50-54,56,58-61H2,1-5H3,(H-,65,68,69,70)/b28-26-,31-30-,49-47+,57-55+. The van der Waals surface area contributed by atoms with Crippen molar-refractivity contribution in [3.8, 4) is 0 Å². The fourth-order valence-electron chi connectivity index (χ4n) is 9.32. The van der Waals surface area contributed by atoms with Crippen LogP contribution in [0.1, 0.15) is 303 Å². The van der Waals surface area contributed by atoms with Crippen LogP contribution in [0.4, 0.5) is 0 Å². The normalized spacial score (nSPS) is 14.1. The zero-order chi connectivity index (χ0) is 53.5. The lowest BCUT2D eigenvalue weighted by Crippen LogP contribution is -2.45. The summed E-state index contributed by atoms with van der Waals surface area (Å²) in [6.07, 6.45) is 73.5. The maximum atomic E-state index is 13.0. The molecule has 0 heterocycles. The first-order valence-corrected chi connectivity index (χ1v) is 33.0. The monoisotopic (exact) mass is 1050 g/mol. The number of carbonyl (C=O) groups is 1. The van der Waals surface area contributed by atoms with E-state index in [9.17, 15) is 19.4 Å². The molecule has 0 aliphatic carbocycles. The Morgan fingerprint density at radius 3 is 1.19 bits per heavy atom. The molecule has 0 aliphatic heterocycles. The average Bonchev–Trinajstić information content (AvgIpc) is 3.35. The number of aliphatic hydroxyl groups is 1. The third-order valence-electron chi connectivity index (χ3n) is 14.3. The molecule has 0 saturated heterocycles. The number of quaternary nitrogens is 1. The molecule has 430 valence electrons. The highest BCUT2D eigenvalue weighted by molar-refractivity contribution is 7.45. The molecule has 8 nitrogen and oxygen atoms in total. The molecule has 0 aromatic heterocycles. The second kappa shape index (κ2) is 55.2. The Hall–Kier alpha value is -1.54. The maximum absolute atomic E-state index is 13.0. The molecule has 9 heteroatoms. The molecule has 3 atom stereocenters. The Morgan fingerprint density at radius 2 is 0.808 bits per heavy atom. The number of hydrogen-bond donors (Lipinski definition) is 2. The van der Waals surface area contributed by atoms with E-state index < -0.39 is 26.6 Å². The molecule has 0 aromatic carbocycles. The maximum Gasteiger partial charge on any atom is 0.268 e. The molecule has 2 N–H and O–H groups in total. The fourth-order valence-corrected chi connectivity index (χ4v) is 10.0. The summed E-state index contributed by atoms with van der Waals surface area (Å²) in [4.78, 5) is 25.5. The van der Waals surface area contributed by atoms with Crippen molar-refractivity contribution in [2.45, 2.75) is 315 Å². The van der Waals surface area contributed by atoms with Crippen molar-refractivity contribution in [3.63, 3.8) is 0 Å². The van der Waals surface area contributed by atoms with Gasteiger partial charge in [0.1, 0.15) is 13.2 Å². The summed E-state index contributed by atoms with van der Waals surface area (Å²) in [5.41, 5.74) is 0. The van der Waals surface area contributed by atoms with Gasteiger partial charge in [0.05, 0.1) is 39.9 Å². The Kier molecular flexibility index (Phi) is 54.1. The molecule has 0 radical (unpaired) electrons. The number of hydrogen-bond acceptors (Lipinski definition) is 6. The number of likely N-dealkylation sites (N-methyl/N-ethyl adjacent to an activating group) is 1. The summed E-state index contributed by atoms with van der Waals surface area (Å²) in [7, 11) is 1.25. The predicted octanol–water partition coefficient (Wildman–Crippen LogP) is 18.9. The number of amides is 1. The van der Waals surface area contributed by atoms with Gasteiger partial charge in [0.25, 0.3) is 7.82 Å². The third-order valence-corrected chi connectivity index (χ3v) is 15.2. The number of rotatable bonds is 58. The van der Waals surface area contributed by atoms with Crippen molar-refractivity contribution in [2.75, 3.05) is 40.9 Å². The molecule has 73 heavy (non-hydrogen) atoms. The molecule has 0 bridgehead atoms. The van der Waals surface area contributed by atoms with E-state index in [0.717, 1.165) is 44.9 Å².